The van der Waals surface area contributed by atoms with Gasteiger partial charge in [0.2, 0.25) is 5.91 Å². The van der Waals surface area contributed by atoms with Crippen LogP contribution in [0.2, 0.25) is 0 Å². The first-order chi connectivity index (χ1) is 10.4. The number of hydrogen-bond acceptors (Lipinski definition) is 3. The van der Waals surface area contributed by atoms with E-state index in [1.54, 1.807) is 0 Å². The smallest absolute Gasteiger partial charge is 0.368 e. The summed E-state index contributed by atoms with van der Waals surface area (Å²) in [5.41, 5.74) is -0.203. The Morgan fingerprint density at radius 1 is 1.14 bits per heavy atom. The number of aromatic nitrogens is 1. The molecule has 22 heavy (non-hydrogen) atoms. The Labute approximate surface area is 126 Å². The van der Waals surface area contributed by atoms with Crippen molar-refractivity contribution in [2.45, 2.75) is 25.4 Å². The van der Waals surface area contributed by atoms with Crippen molar-refractivity contribution in [3.05, 3.63) is 24.0 Å². The lowest BCUT2D eigenvalue weighted by Crippen LogP contribution is -2.36. The number of anilines is 1. The molecule has 1 aromatic heterocycles. The minimum absolute atomic E-state index is 0.208. The molecular weight excluding hydrogens is 295 g/mol. The Morgan fingerprint density at radius 2 is 1.91 bits per heavy atom. The average molecular weight is 313 g/mol. The van der Waals surface area contributed by atoms with Gasteiger partial charge < -0.3 is 9.80 Å². The van der Waals surface area contributed by atoms with Gasteiger partial charge in [0.1, 0.15) is 5.69 Å². The largest absolute Gasteiger partial charge is 0.433 e. The summed E-state index contributed by atoms with van der Waals surface area (Å²) in [7, 11) is 0. The van der Waals surface area contributed by atoms with Gasteiger partial charge in [0.15, 0.2) is 0 Å². The van der Waals surface area contributed by atoms with E-state index in [4.69, 9.17) is 0 Å². The van der Waals surface area contributed by atoms with Crippen molar-refractivity contribution in [1.29, 1.82) is 0 Å². The molecule has 0 bridgehead atoms. The quantitative estimate of drug-likeness (QED) is 0.842. The molecule has 1 saturated heterocycles. The molecule has 7 heteroatoms. The van der Waals surface area contributed by atoms with E-state index in [0.717, 1.165) is 38.4 Å². The van der Waals surface area contributed by atoms with Crippen LogP contribution in [0, 0.1) is 5.92 Å². The molecule has 1 amide bonds. The third-order valence-electron chi connectivity index (χ3n) is 4.14. The number of halogens is 3. The number of pyridine rings is 1. The summed E-state index contributed by atoms with van der Waals surface area (Å²) in [6.45, 7) is 2.70. The van der Waals surface area contributed by atoms with Crippen LogP contribution in [0.3, 0.4) is 0 Å². The fraction of sp³-hybridized carbons (Fsp3) is 0.600. The Balaban J connectivity index is 1.64. The second-order valence-electron chi connectivity index (χ2n) is 5.84. The molecule has 0 unspecified atom stereocenters. The van der Waals surface area contributed by atoms with Crippen LogP contribution in [0.25, 0.3) is 0 Å². The molecule has 3 rings (SSSR count). The topological polar surface area (TPSA) is 36.4 Å². The molecule has 1 saturated carbocycles. The zero-order chi connectivity index (χ0) is 15.7. The van der Waals surface area contributed by atoms with Gasteiger partial charge in [-0.05, 0) is 31.4 Å². The van der Waals surface area contributed by atoms with Gasteiger partial charge in [0, 0.05) is 32.1 Å². The number of hydrogen-bond donors (Lipinski definition) is 0. The van der Waals surface area contributed by atoms with Gasteiger partial charge >= 0.3 is 6.18 Å². The minimum Gasteiger partial charge on any atom is -0.368 e. The summed E-state index contributed by atoms with van der Waals surface area (Å²) < 4.78 is 37.6. The summed E-state index contributed by atoms with van der Waals surface area (Å²) in [5.74, 6) is 0.437. The summed E-state index contributed by atoms with van der Waals surface area (Å²) in [6.07, 6.45) is -0.352. The molecule has 1 aliphatic carbocycles. The van der Waals surface area contributed by atoms with Gasteiger partial charge in [-0.25, -0.2) is 4.98 Å². The molecule has 2 fully saturated rings. The number of rotatable bonds is 2. The van der Waals surface area contributed by atoms with E-state index in [-0.39, 0.29) is 11.8 Å². The van der Waals surface area contributed by atoms with Crippen LogP contribution < -0.4 is 4.90 Å². The molecule has 0 aromatic carbocycles. The number of nitrogens with zero attached hydrogens (tertiary/aromatic N) is 3. The lowest BCUT2D eigenvalue weighted by atomic mass is 10.3. The summed E-state index contributed by atoms with van der Waals surface area (Å²) in [5, 5.41) is 0. The predicted octanol–water partition coefficient (Wildman–Crippen LogP) is 2.55. The molecule has 0 N–H and O–H groups in total. The van der Waals surface area contributed by atoms with Crippen LogP contribution in [0.1, 0.15) is 25.0 Å². The highest BCUT2D eigenvalue weighted by Gasteiger charge is 2.34. The highest BCUT2D eigenvalue weighted by Crippen LogP contribution is 2.32. The van der Waals surface area contributed by atoms with Crippen LogP contribution in [-0.4, -0.2) is 42.0 Å². The molecular formula is C15H18F3N3O. The Morgan fingerprint density at radius 3 is 2.50 bits per heavy atom. The minimum atomic E-state index is -4.41. The predicted molar refractivity (Wildman–Crippen MR) is 75.4 cm³/mol. The van der Waals surface area contributed by atoms with Crippen molar-refractivity contribution >= 4 is 11.6 Å². The first kappa shape index (κ1) is 15.1. The lowest BCUT2D eigenvalue weighted by Gasteiger charge is -2.23. The summed E-state index contributed by atoms with van der Waals surface area (Å²) in [4.78, 5) is 19.5. The molecule has 0 spiro atoms. The van der Waals surface area contributed by atoms with E-state index in [1.165, 1.54) is 12.3 Å². The number of alkyl halides is 3. The molecule has 2 aliphatic rings. The second-order valence-corrected chi connectivity index (χ2v) is 5.84. The maximum Gasteiger partial charge on any atom is 0.433 e. The molecule has 0 radical (unpaired) electrons. The number of carbonyl (C=O) groups is 1. The fourth-order valence-electron chi connectivity index (χ4n) is 2.73. The summed E-state index contributed by atoms with van der Waals surface area (Å²) in [6, 6.07) is 2.46. The van der Waals surface area contributed by atoms with Gasteiger partial charge in [-0.15, -0.1) is 0 Å². The Kier molecular flexibility index (Phi) is 3.97. The van der Waals surface area contributed by atoms with Gasteiger partial charge in [-0.2, -0.15) is 13.2 Å². The maximum atomic E-state index is 12.5. The molecule has 1 aromatic rings. The van der Waals surface area contributed by atoms with Crippen molar-refractivity contribution in [2.24, 2.45) is 5.92 Å². The van der Waals surface area contributed by atoms with Crippen molar-refractivity contribution in [3.8, 4) is 0 Å². The Hall–Kier alpha value is -1.79. The third-order valence-corrected chi connectivity index (χ3v) is 4.14. The van der Waals surface area contributed by atoms with Gasteiger partial charge in [-0.1, -0.05) is 0 Å². The van der Waals surface area contributed by atoms with E-state index in [1.807, 2.05) is 9.80 Å². The van der Waals surface area contributed by atoms with Crippen molar-refractivity contribution in [3.63, 3.8) is 0 Å². The normalized spacial score (nSPS) is 20.0. The monoisotopic (exact) mass is 313 g/mol. The SMILES string of the molecule is O=C(C1CC1)N1CCCN(c2ccc(C(F)(F)F)nc2)CC1. The molecule has 1 aliphatic heterocycles. The number of carbonyl (C=O) groups excluding carboxylic acids is 1. The van der Waals surface area contributed by atoms with Crippen LogP contribution in [0.5, 0.6) is 0 Å². The maximum absolute atomic E-state index is 12.5. The van der Waals surface area contributed by atoms with E-state index in [0.29, 0.717) is 18.8 Å². The van der Waals surface area contributed by atoms with E-state index < -0.39 is 11.9 Å². The second kappa shape index (κ2) is 5.78. The molecule has 120 valence electrons. The van der Waals surface area contributed by atoms with Gasteiger partial charge in [0.25, 0.3) is 0 Å². The lowest BCUT2D eigenvalue weighted by molar-refractivity contribution is -0.141. The van der Waals surface area contributed by atoms with Crippen molar-refractivity contribution < 1.29 is 18.0 Å². The number of amides is 1. The van der Waals surface area contributed by atoms with E-state index in [9.17, 15) is 18.0 Å². The van der Waals surface area contributed by atoms with Crippen LogP contribution in [0.4, 0.5) is 18.9 Å². The fourth-order valence-corrected chi connectivity index (χ4v) is 2.73. The van der Waals surface area contributed by atoms with Crippen molar-refractivity contribution in [1.82, 2.24) is 9.88 Å². The molecule has 4 nitrogen and oxygen atoms in total. The van der Waals surface area contributed by atoms with E-state index >= 15 is 0 Å². The van der Waals surface area contributed by atoms with Crippen LogP contribution in [0.15, 0.2) is 18.3 Å². The zero-order valence-electron chi connectivity index (χ0n) is 12.1. The highest BCUT2D eigenvalue weighted by molar-refractivity contribution is 5.81. The van der Waals surface area contributed by atoms with Crippen LogP contribution >= 0.6 is 0 Å². The first-order valence-corrected chi connectivity index (χ1v) is 7.52. The first-order valence-electron chi connectivity index (χ1n) is 7.52. The zero-order valence-corrected chi connectivity index (χ0v) is 12.1. The third kappa shape index (κ3) is 3.34. The highest BCUT2D eigenvalue weighted by atomic mass is 19.4. The average Bonchev–Trinajstić information content (AvgIpc) is 3.32. The van der Waals surface area contributed by atoms with Gasteiger partial charge in [0.05, 0.1) is 11.9 Å². The standard InChI is InChI=1S/C15H18F3N3O/c16-15(17,18)13-5-4-12(10-19-13)20-6-1-7-21(9-8-20)14(22)11-2-3-11/h4-5,10-11H,1-3,6-9H2. The van der Waals surface area contributed by atoms with Crippen molar-refractivity contribution in [2.75, 3.05) is 31.1 Å². The molecule has 0 atom stereocenters. The molecule has 2 heterocycles. The summed E-state index contributed by atoms with van der Waals surface area (Å²) >= 11 is 0. The Bertz CT molecular complexity index is 540. The van der Waals surface area contributed by atoms with Gasteiger partial charge in [-0.3, -0.25) is 4.79 Å². The van der Waals surface area contributed by atoms with Crippen LogP contribution in [-0.2, 0) is 11.0 Å². The van der Waals surface area contributed by atoms with E-state index in [2.05, 4.69) is 4.98 Å².